The van der Waals surface area contributed by atoms with E-state index in [9.17, 15) is 0 Å². The Morgan fingerprint density at radius 3 is 2.12 bits per heavy atom. The van der Waals surface area contributed by atoms with Crippen molar-refractivity contribution >= 4 is 35.1 Å². The van der Waals surface area contributed by atoms with E-state index in [1.807, 2.05) is 42.5 Å². The third-order valence-electron chi connectivity index (χ3n) is 2.10. The van der Waals surface area contributed by atoms with Crippen LogP contribution in [0.4, 0.5) is 5.69 Å². The first-order valence-electron chi connectivity index (χ1n) is 4.80. The Labute approximate surface area is 104 Å². The molecule has 2 aromatic rings. The van der Waals surface area contributed by atoms with Crippen LogP contribution in [0.2, 0.25) is 10.0 Å². The largest absolute Gasteiger partial charge is 0.255 e. The van der Waals surface area contributed by atoms with Crippen molar-refractivity contribution in [2.24, 2.45) is 4.99 Å². The van der Waals surface area contributed by atoms with E-state index in [1.54, 1.807) is 12.3 Å². The zero-order valence-electron chi connectivity index (χ0n) is 8.40. The second-order valence-corrected chi connectivity index (χ2v) is 4.05. The Morgan fingerprint density at radius 1 is 0.812 bits per heavy atom. The average molecular weight is 250 g/mol. The Balaban J connectivity index is 2.29. The van der Waals surface area contributed by atoms with E-state index in [-0.39, 0.29) is 0 Å². The van der Waals surface area contributed by atoms with Crippen LogP contribution in [0.25, 0.3) is 0 Å². The second-order valence-electron chi connectivity index (χ2n) is 3.23. The molecular formula is C13H9Cl2N. The van der Waals surface area contributed by atoms with Crippen LogP contribution in [-0.4, -0.2) is 6.21 Å². The second kappa shape index (κ2) is 5.15. The van der Waals surface area contributed by atoms with Gasteiger partial charge in [-0.25, -0.2) is 0 Å². The van der Waals surface area contributed by atoms with Crippen molar-refractivity contribution in [3.8, 4) is 0 Å². The molecule has 0 N–H and O–H groups in total. The summed E-state index contributed by atoms with van der Waals surface area (Å²) in [6, 6.07) is 15.0. The summed E-state index contributed by atoms with van der Waals surface area (Å²) in [5, 5.41) is 1.31. The van der Waals surface area contributed by atoms with Crippen LogP contribution in [0.15, 0.2) is 53.5 Å². The molecule has 0 heterocycles. The van der Waals surface area contributed by atoms with Gasteiger partial charge >= 0.3 is 0 Å². The molecule has 0 atom stereocenters. The van der Waals surface area contributed by atoms with Crippen LogP contribution < -0.4 is 0 Å². The van der Waals surface area contributed by atoms with Crippen molar-refractivity contribution in [1.82, 2.24) is 0 Å². The molecule has 0 bridgehead atoms. The molecule has 0 saturated heterocycles. The number of rotatable bonds is 2. The first kappa shape index (κ1) is 11.2. The van der Waals surface area contributed by atoms with Gasteiger partial charge in [0.25, 0.3) is 0 Å². The van der Waals surface area contributed by atoms with Crippen molar-refractivity contribution < 1.29 is 0 Å². The molecule has 0 saturated carbocycles. The van der Waals surface area contributed by atoms with E-state index in [0.29, 0.717) is 10.0 Å². The van der Waals surface area contributed by atoms with Crippen LogP contribution in [-0.2, 0) is 0 Å². The number of hydrogen-bond donors (Lipinski definition) is 0. The zero-order chi connectivity index (χ0) is 11.4. The fourth-order valence-electron chi connectivity index (χ4n) is 1.28. The summed E-state index contributed by atoms with van der Waals surface area (Å²) in [7, 11) is 0. The SMILES string of the molecule is Clc1ccccc1C=Nc1ccccc1Cl. The summed E-state index contributed by atoms with van der Waals surface area (Å²) >= 11 is 12.0. The first-order valence-corrected chi connectivity index (χ1v) is 5.56. The van der Waals surface area contributed by atoms with E-state index in [4.69, 9.17) is 23.2 Å². The Bertz CT molecular complexity index is 473. The molecule has 2 rings (SSSR count). The minimum Gasteiger partial charge on any atom is -0.255 e. The molecule has 80 valence electrons. The quantitative estimate of drug-likeness (QED) is 0.682. The summed E-state index contributed by atoms with van der Waals surface area (Å²) in [5.74, 6) is 0. The lowest BCUT2D eigenvalue weighted by Crippen LogP contribution is -1.81. The van der Waals surface area contributed by atoms with E-state index in [2.05, 4.69) is 4.99 Å². The van der Waals surface area contributed by atoms with Gasteiger partial charge in [-0.05, 0) is 18.2 Å². The van der Waals surface area contributed by atoms with E-state index < -0.39 is 0 Å². The molecular weight excluding hydrogens is 241 g/mol. The Hall–Kier alpha value is -1.31. The standard InChI is InChI=1S/C13H9Cl2N/c14-11-6-2-1-5-10(11)9-16-13-8-4-3-7-12(13)15/h1-9H. The highest BCUT2D eigenvalue weighted by atomic mass is 35.5. The predicted molar refractivity (Wildman–Crippen MR) is 70.2 cm³/mol. The molecule has 0 spiro atoms. The maximum atomic E-state index is 6.01. The minimum atomic E-state index is 0.630. The predicted octanol–water partition coefficient (Wildman–Crippen LogP) is 4.74. The van der Waals surface area contributed by atoms with Crippen LogP contribution in [0.3, 0.4) is 0 Å². The number of aliphatic imine (C=N–C) groups is 1. The lowest BCUT2D eigenvalue weighted by atomic mass is 10.2. The van der Waals surface area contributed by atoms with Gasteiger partial charge in [0.15, 0.2) is 0 Å². The van der Waals surface area contributed by atoms with Crippen LogP contribution in [0.1, 0.15) is 5.56 Å². The van der Waals surface area contributed by atoms with Gasteiger partial charge < -0.3 is 0 Å². The monoisotopic (exact) mass is 249 g/mol. The fraction of sp³-hybridized carbons (Fsp3) is 0. The lowest BCUT2D eigenvalue weighted by molar-refractivity contribution is 1.52. The van der Waals surface area contributed by atoms with Crippen LogP contribution >= 0.6 is 23.2 Å². The van der Waals surface area contributed by atoms with Crippen molar-refractivity contribution in [3.05, 3.63) is 64.1 Å². The molecule has 0 aliphatic heterocycles. The van der Waals surface area contributed by atoms with E-state index in [1.165, 1.54) is 0 Å². The first-order chi connectivity index (χ1) is 7.77. The van der Waals surface area contributed by atoms with Crippen molar-refractivity contribution in [3.63, 3.8) is 0 Å². The molecule has 0 aliphatic rings. The third-order valence-corrected chi connectivity index (χ3v) is 2.76. The highest BCUT2D eigenvalue weighted by molar-refractivity contribution is 6.34. The molecule has 16 heavy (non-hydrogen) atoms. The maximum absolute atomic E-state index is 6.01. The molecule has 0 amide bonds. The molecule has 3 heteroatoms. The number of hydrogen-bond acceptors (Lipinski definition) is 1. The normalized spacial score (nSPS) is 10.9. The van der Waals surface area contributed by atoms with Crippen molar-refractivity contribution in [2.45, 2.75) is 0 Å². The number of benzene rings is 2. The summed E-state index contributed by atoms with van der Waals surface area (Å²) in [6.07, 6.45) is 1.71. The minimum absolute atomic E-state index is 0.630. The summed E-state index contributed by atoms with van der Waals surface area (Å²) in [5.41, 5.74) is 1.62. The molecule has 0 aliphatic carbocycles. The summed E-state index contributed by atoms with van der Waals surface area (Å²) in [4.78, 5) is 4.30. The van der Waals surface area contributed by atoms with Crippen molar-refractivity contribution in [2.75, 3.05) is 0 Å². The van der Waals surface area contributed by atoms with Gasteiger partial charge in [-0.15, -0.1) is 0 Å². The van der Waals surface area contributed by atoms with Gasteiger partial charge in [0, 0.05) is 16.8 Å². The Kier molecular flexibility index (Phi) is 3.60. The average Bonchev–Trinajstić information content (AvgIpc) is 2.30. The topological polar surface area (TPSA) is 12.4 Å². The number of halogens is 2. The van der Waals surface area contributed by atoms with Gasteiger partial charge in [-0.2, -0.15) is 0 Å². The highest BCUT2D eigenvalue weighted by Gasteiger charge is 1.97. The molecule has 1 nitrogen and oxygen atoms in total. The van der Waals surface area contributed by atoms with Gasteiger partial charge in [-0.3, -0.25) is 4.99 Å². The van der Waals surface area contributed by atoms with Crippen LogP contribution in [0, 0.1) is 0 Å². The summed E-state index contributed by atoms with van der Waals surface area (Å²) in [6.45, 7) is 0. The highest BCUT2D eigenvalue weighted by Crippen LogP contribution is 2.24. The van der Waals surface area contributed by atoms with Crippen LogP contribution in [0.5, 0.6) is 0 Å². The molecule has 2 aromatic carbocycles. The fourth-order valence-corrected chi connectivity index (χ4v) is 1.64. The van der Waals surface area contributed by atoms with Crippen molar-refractivity contribution in [1.29, 1.82) is 0 Å². The maximum Gasteiger partial charge on any atom is 0.0816 e. The summed E-state index contributed by atoms with van der Waals surface area (Å²) < 4.78 is 0. The number of para-hydroxylation sites is 1. The van der Waals surface area contributed by atoms with Gasteiger partial charge in [-0.1, -0.05) is 53.5 Å². The van der Waals surface area contributed by atoms with Gasteiger partial charge in [0.1, 0.15) is 0 Å². The smallest absolute Gasteiger partial charge is 0.0816 e. The molecule has 0 radical (unpaired) electrons. The Morgan fingerprint density at radius 2 is 1.44 bits per heavy atom. The zero-order valence-corrected chi connectivity index (χ0v) is 9.91. The van der Waals surface area contributed by atoms with Gasteiger partial charge in [0.05, 0.1) is 10.7 Å². The lowest BCUT2D eigenvalue weighted by Gasteiger charge is -1.98. The van der Waals surface area contributed by atoms with E-state index >= 15 is 0 Å². The molecule has 0 fully saturated rings. The van der Waals surface area contributed by atoms with E-state index in [0.717, 1.165) is 11.3 Å². The van der Waals surface area contributed by atoms with Gasteiger partial charge in [0.2, 0.25) is 0 Å². The number of nitrogens with zero attached hydrogens (tertiary/aromatic N) is 1. The molecule has 0 aromatic heterocycles. The third kappa shape index (κ3) is 2.63. The molecule has 0 unspecified atom stereocenters.